The number of H-pyrrole nitrogens is 1. The molecule has 1 aliphatic rings. The number of carbonyl (C=O) groups is 1. The number of nitrogens with zero attached hydrogens (tertiary/aromatic N) is 1. The molecule has 1 aliphatic heterocycles. The molecule has 25 heavy (non-hydrogen) atoms. The van der Waals surface area contributed by atoms with E-state index in [9.17, 15) is 4.79 Å². The number of nitrogens with one attached hydrogen (secondary N) is 2. The number of fused-ring (bicyclic) bond motifs is 1. The maximum absolute atomic E-state index is 12.0. The standard InChI is InChI=1S/C19H15N3O3/c1-19(17-3-2-8-24-17)14-9-12(15-7-5-13(10-20)21-15)4-6-16(14)22-18(23)11-25-19/h2-9,21H,11H2,1H3,(H,22,23). The van der Waals surface area contributed by atoms with Crippen molar-refractivity contribution in [2.75, 3.05) is 11.9 Å². The Hall–Kier alpha value is -3.30. The van der Waals surface area contributed by atoms with Crippen LogP contribution in [0.3, 0.4) is 0 Å². The molecular formula is C19H15N3O3. The van der Waals surface area contributed by atoms with Crippen molar-refractivity contribution in [3.05, 3.63) is 65.7 Å². The molecule has 6 nitrogen and oxygen atoms in total. The zero-order chi connectivity index (χ0) is 17.4. The van der Waals surface area contributed by atoms with E-state index in [1.54, 1.807) is 18.4 Å². The second kappa shape index (κ2) is 5.65. The molecule has 6 heteroatoms. The molecule has 1 aromatic carbocycles. The predicted molar refractivity (Wildman–Crippen MR) is 90.7 cm³/mol. The predicted octanol–water partition coefficient (Wildman–Crippen LogP) is 3.38. The highest BCUT2D eigenvalue weighted by Crippen LogP contribution is 2.41. The first-order chi connectivity index (χ1) is 12.1. The highest BCUT2D eigenvalue weighted by Gasteiger charge is 2.38. The van der Waals surface area contributed by atoms with Gasteiger partial charge >= 0.3 is 0 Å². The van der Waals surface area contributed by atoms with E-state index in [1.165, 1.54) is 0 Å². The van der Waals surface area contributed by atoms with Crippen molar-refractivity contribution >= 4 is 11.6 Å². The molecule has 124 valence electrons. The molecule has 0 aliphatic carbocycles. The number of rotatable bonds is 2. The summed E-state index contributed by atoms with van der Waals surface area (Å²) >= 11 is 0. The molecule has 2 aromatic heterocycles. The van der Waals surface area contributed by atoms with Crippen LogP contribution in [0.2, 0.25) is 0 Å². The lowest BCUT2D eigenvalue weighted by molar-refractivity contribution is -0.125. The van der Waals surface area contributed by atoms with Crippen molar-refractivity contribution in [1.29, 1.82) is 5.26 Å². The average Bonchev–Trinajstić information content (AvgIpc) is 3.30. The molecule has 1 amide bonds. The third-order valence-corrected chi connectivity index (χ3v) is 4.41. The summed E-state index contributed by atoms with van der Waals surface area (Å²) in [5, 5.41) is 11.9. The first-order valence-corrected chi connectivity index (χ1v) is 7.82. The fraction of sp³-hybridized carbons (Fsp3) is 0.158. The first-order valence-electron chi connectivity index (χ1n) is 7.82. The minimum absolute atomic E-state index is 0.0672. The second-order valence-corrected chi connectivity index (χ2v) is 6.01. The lowest BCUT2D eigenvalue weighted by Gasteiger charge is -2.27. The summed E-state index contributed by atoms with van der Waals surface area (Å²) in [6.07, 6.45) is 1.58. The number of aromatic amines is 1. The van der Waals surface area contributed by atoms with Crippen LogP contribution in [0.1, 0.15) is 23.9 Å². The molecule has 3 aromatic rings. The number of hydrogen-bond donors (Lipinski definition) is 2. The van der Waals surface area contributed by atoms with Gasteiger partial charge < -0.3 is 19.5 Å². The van der Waals surface area contributed by atoms with Gasteiger partial charge in [0, 0.05) is 16.9 Å². The second-order valence-electron chi connectivity index (χ2n) is 6.01. The normalized spacial score (nSPS) is 19.6. The van der Waals surface area contributed by atoms with Crippen LogP contribution in [0.5, 0.6) is 0 Å². The fourth-order valence-electron chi connectivity index (χ4n) is 3.07. The Morgan fingerprint density at radius 1 is 1.24 bits per heavy atom. The van der Waals surface area contributed by atoms with E-state index in [0.29, 0.717) is 17.1 Å². The number of hydrogen-bond acceptors (Lipinski definition) is 4. The number of benzene rings is 1. The SMILES string of the molecule is CC1(c2ccco2)OCC(=O)Nc2ccc(-c3ccc(C#N)[nH]3)cc21. The monoisotopic (exact) mass is 333 g/mol. The largest absolute Gasteiger partial charge is 0.466 e. The van der Waals surface area contributed by atoms with Gasteiger partial charge in [-0.15, -0.1) is 0 Å². The van der Waals surface area contributed by atoms with E-state index >= 15 is 0 Å². The highest BCUT2D eigenvalue weighted by atomic mass is 16.5. The van der Waals surface area contributed by atoms with Crippen LogP contribution in [0.25, 0.3) is 11.3 Å². The van der Waals surface area contributed by atoms with Crippen LogP contribution in [-0.2, 0) is 15.1 Å². The summed E-state index contributed by atoms with van der Waals surface area (Å²) in [7, 11) is 0. The molecule has 3 heterocycles. The van der Waals surface area contributed by atoms with Gasteiger partial charge in [-0.05, 0) is 48.9 Å². The lowest BCUT2D eigenvalue weighted by Crippen LogP contribution is -2.27. The van der Waals surface area contributed by atoms with Crippen molar-refractivity contribution in [3.63, 3.8) is 0 Å². The molecule has 2 N–H and O–H groups in total. The van der Waals surface area contributed by atoms with E-state index < -0.39 is 5.60 Å². The van der Waals surface area contributed by atoms with E-state index in [-0.39, 0.29) is 12.5 Å². The van der Waals surface area contributed by atoms with Gasteiger partial charge in [0.25, 0.3) is 0 Å². The van der Waals surface area contributed by atoms with Crippen molar-refractivity contribution in [2.45, 2.75) is 12.5 Å². The molecule has 0 fully saturated rings. The Morgan fingerprint density at radius 2 is 2.12 bits per heavy atom. The quantitative estimate of drug-likeness (QED) is 0.752. The number of ether oxygens (including phenoxy) is 1. The molecule has 0 bridgehead atoms. The van der Waals surface area contributed by atoms with Gasteiger partial charge in [0.05, 0.1) is 6.26 Å². The summed E-state index contributed by atoms with van der Waals surface area (Å²) < 4.78 is 11.5. The third kappa shape index (κ3) is 2.51. The minimum atomic E-state index is -0.904. The molecule has 4 rings (SSSR count). The summed E-state index contributed by atoms with van der Waals surface area (Å²) in [6.45, 7) is 1.81. The zero-order valence-corrected chi connectivity index (χ0v) is 13.5. The first kappa shape index (κ1) is 15.2. The summed E-state index contributed by atoms with van der Waals surface area (Å²) in [6, 6.07) is 14.9. The van der Waals surface area contributed by atoms with Crippen LogP contribution >= 0.6 is 0 Å². The number of amides is 1. The van der Waals surface area contributed by atoms with Crippen molar-refractivity contribution in [3.8, 4) is 17.3 Å². The molecular weight excluding hydrogens is 318 g/mol. The topological polar surface area (TPSA) is 91.0 Å². The summed E-state index contributed by atoms with van der Waals surface area (Å²) in [5.41, 5.74) is 2.76. The minimum Gasteiger partial charge on any atom is -0.466 e. The van der Waals surface area contributed by atoms with Crippen molar-refractivity contribution < 1.29 is 13.9 Å². The van der Waals surface area contributed by atoms with Gasteiger partial charge in [0.2, 0.25) is 5.91 Å². The summed E-state index contributed by atoms with van der Waals surface area (Å²) in [4.78, 5) is 15.1. The van der Waals surface area contributed by atoms with Gasteiger partial charge in [0.15, 0.2) is 5.60 Å². The number of nitriles is 1. The van der Waals surface area contributed by atoms with Gasteiger partial charge in [0.1, 0.15) is 24.1 Å². The molecule has 0 spiro atoms. The van der Waals surface area contributed by atoms with E-state index in [4.69, 9.17) is 14.4 Å². The Kier molecular flexibility index (Phi) is 3.45. The molecule has 0 saturated heterocycles. The third-order valence-electron chi connectivity index (χ3n) is 4.41. The lowest BCUT2D eigenvalue weighted by atomic mass is 9.89. The number of aromatic nitrogens is 1. The fourth-order valence-corrected chi connectivity index (χ4v) is 3.07. The van der Waals surface area contributed by atoms with E-state index in [2.05, 4.69) is 16.4 Å². The van der Waals surface area contributed by atoms with E-state index in [1.807, 2.05) is 37.3 Å². The van der Waals surface area contributed by atoms with Crippen LogP contribution in [-0.4, -0.2) is 17.5 Å². The molecule has 0 radical (unpaired) electrons. The smallest absolute Gasteiger partial charge is 0.250 e. The maximum Gasteiger partial charge on any atom is 0.250 e. The van der Waals surface area contributed by atoms with Crippen molar-refractivity contribution in [1.82, 2.24) is 4.98 Å². The summed E-state index contributed by atoms with van der Waals surface area (Å²) in [5.74, 6) is 0.405. The zero-order valence-electron chi connectivity index (χ0n) is 13.5. The Morgan fingerprint density at radius 3 is 2.84 bits per heavy atom. The van der Waals surface area contributed by atoms with Crippen LogP contribution in [0.15, 0.2) is 53.1 Å². The average molecular weight is 333 g/mol. The van der Waals surface area contributed by atoms with Crippen LogP contribution < -0.4 is 5.32 Å². The van der Waals surface area contributed by atoms with Gasteiger partial charge in [-0.2, -0.15) is 5.26 Å². The molecule has 1 atom stereocenters. The van der Waals surface area contributed by atoms with Crippen LogP contribution in [0, 0.1) is 11.3 Å². The number of carbonyl (C=O) groups excluding carboxylic acids is 1. The van der Waals surface area contributed by atoms with Gasteiger partial charge in [-0.1, -0.05) is 6.07 Å². The maximum atomic E-state index is 12.0. The number of anilines is 1. The van der Waals surface area contributed by atoms with E-state index in [0.717, 1.165) is 16.8 Å². The van der Waals surface area contributed by atoms with Gasteiger partial charge in [-0.25, -0.2) is 0 Å². The Bertz CT molecular complexity index is 982. The van der Waals surface area contributed by atoms with Gasteiger partial charge in [-0.3, -0.25) is 4.79 Å². The van der Waals surface area contributed by atoms with Crippen molar-refractivity contribution in [2.24, 2.45) is 0 Å². The highest BCUT2D eigenvalue weighted by molar-refractivity contribution is 5.94. The Balaban J connectivity index is 1.89. The number of furan rings is 1. The molecule has 0 saturated carbocycles. The Labute approximate surface area is 144 Å². The van der Waals surface area contributed by atoms with Crippen LogP contribution in [0.4, 0.5) is 5.69 Å². The molecule has 1 unspecified atom stereocenters.